The van der Waals surface area contributed by atoms with Crippen molar-refractivity contribution in [1.29, 1.82) is 0 Å². The van der Waals surface area contributed by atoms with Crippen LogP contribution in [-0.2, 0) is 10.0 Å². The second-order valence-corrected chi connectivity index (χ2v) is 6.75. The summed E-state index contributed by atoms with van der Waals surface area (Å²) in [6.45, 7) is 6.92. The number of nitrogens with one attached hydrogen (secondary N) is 2. The zero-order valence-electron chi connectivity index (χ0n) is 11.5. The van der Waals surface area contributed by atoms with Gasteiger partial charge in [0.05, 0.1) is 6.20 Å². The summed E-state index contributed by atoms with van der Waals surface area (Å²) < 4.78 is 27.0. The Balaban J connectivity index is 1.92. The number of hydrogen-bond donors (Lipinski definition) is 2. The molecule has 1 aromatic heterocycles. The molecule has 108 valence electrons. The van der Waals surface area contributed by atoms with Crippen LogP contribution in [0.4, 0.5) is 0 Å². The van der Waals surface area contributed by atoms with Crippen LogP contribution in [0.3, 0.4) is 0 Å². The molecule has 7 heteroatoms. The van der Waals surface area contributed by atoms with Gasteiger partial charge in [0.25, 0.3) is 10.0 Å². The first-order valence-electron chi connectivity index (χ1n) is 6.77. The molecule has 1 saturated heterocycles. The molecule has 0 spiro atoms. The van der Waals surface area contributed by atoms with Crippen molar-refractivity contribution in [2.24, 2.45) is 0 Å². The summed E-state index contributed by atoms with van der Waals surface area (Å²) in [5.74, 6) is 0.609. The van der Waals surface area contributed by atoms with Crippen molar-refractivity contribution in [2.75, 3.05) is 19.6 Å². The maximum absolute atomic E-state index is 12.1. The first-order chi connectivity index (χ1) is 9.01. The maximum Gasteiger partial charge on any atom is 0.257 e. The number of nitrogens with zero attached hydrogens (tertiary/aromatic N) is 2. The zero-order chi connectivity index (χ0) is 13.9. The number of piperidine rings is 1. The Morgan fingerprint density at radius 1 is 1.47 bits per heavy atom. The summed E-state index contributed by atoms with van der Waals surface area (Å²) in [7, 11) is -3.46. The van der Waals surface area contributed by atoms with E-state index < -0.39 is 10.0 Å². The molecule has 0 radical (unpaired) electrons. The minimum Gasteiger partial charge on any atom is -0.332 e. The predicted molar refractivity (Wildman–Crippen MR) is 73.4 cm³/mol. The average molecular weight is 286 g/mol. The third-order valence-electron chi connectivity index (χ3n) is 3.42. The molecule has 0 bridgehead atoms. The standard InChI is InChI=1S/C12H22N4O2S/c1-3-6-16-7-4-11(5-8-16)15-19(17,18)12-9-13-10(2)14-12/h9,11,15H,3-8H2,1-2H3,(H,13,14). The van der Waals surface area contributed by atoms with Gasteiger partial charge in [-0.25, -0.2) is 18.1 Å². The molecule has 19 heavy (non-hydrogen) atoms. The topological polar surface area (TPSA) is 78.1 Å². The van der Waals surface area contributed by atoms with Crippen LogP contribution < -0.4 is 4.72 Å². The highest BCUT2D eigenvalue weighted by Crippen LogP contribution is 2.14. The average Bonchev–Trinajstić information content (AvgIpc) is 2.79. The quantitative estimate of drug-likeness (QED) is 0.842. The van der Waals surface area contributed by atoms with E-state index in [0.29, 0.717) is 5.82 Å². The Morgan fingerprint density at radius 2 is 2.16 bits per heavy atom. The molecule has 2 rings (SSSR count). The molecule has 0 amide bonds. The van der Waals surface area contributed by atoms with E-state index in [1.165, 1.54) is 6.20 Å². The number of aromatic nitrogens is 2. The normalized spacial score (nSPS) is 18.8. The van der Waals surface area contributed by atoms with E-state index in [9.17, 15) is 8.42 Å². The third-order valence-corrected chi connectivity index (χ3v) is 4.85. The van der Waals surface area contributed by atoms with Gasteiger partial charge in [-0.3, -0.25) is 0 Å². The third kappa shape index (κ3) is 3.77. The lowest BCUT2D eigenvalue weighted by Gasteiger charge is -2.31. The first-order valence-corrected chi connectivity index (χ1v) is 8.26. The summed E-state index contributed by atoms with van der Waals surface area (Å²) in [5.41, 5.74) is 0. The summed E-state index contributed by atoms with van der Waals surface area (Å²) in [5, 5.41) is 0.154. The second kappa shape index (κ2) is 6.02. The Labute approximate surface area is 114 Å². The highest BCUT2D eigenvalue weighted by atomic mass is 32.2. The van der Waals surface area contributed by atoms with Crippen LogP contribution >= 0.6 is 0 Å². The lowest BCUT2D eigenvalue weighted by molar-refractivity contribution is 0.208. The SMILES string of the molecule is CCCN1CCC(NS(=O)(=O)c2cnc(C)[nH]2)CC1. The summed E-state index contributed by atoms with van der Waals surface area (Å²) in [6, 6.07) is 0.0294. The number of aromatic amines is 1. The van der Waals surface area contributed by atoms with Gasteiger partial charge in [0.1, 0.15) is 5.82 Å². The number of hydrogen-bond acceptors (Lipinski definition) is 4. The maximum atomic E-state index is 12.1. The second-order valence-electron chi connectivity index (χ2n) is 5.07. The largest absolute Gasteiger partial charge is 0.332 e. The molecule has 0 unspecified atom stereocenters. The molecule has 0 atom stereocenters. The first kappa shape index (κ1) is 14.5. The minimum absolute atomic E-state index is 0.0294. The monoisotopic (exact) mass is 286 g/mol. The van der Waals surface area contributed by atoms with Crippen molar-refractivity contribution >= 4 is 10.0 Å². The molecule has 0 aliphatic carbocycles. The summed E-state index contributed by atoms with van der Waals surface area (Å²) >= 11 is 0. The number of imidazole rings is 1. The molecule has 0 aromatic carbocycles. The fourth-order valence-corrected chi connectivity index (χ4v) is 3.68. The van der Waals surface area contributed by atoms with Crippen molar-refractivity contribution in [1.82, 2.24) is 19.6 Å². The summed E-state index contributed by atoms with van der Waals surface area (Å²) in [6.07, 6.45) is 4.24. The van der Waals surface area contributed by atoms with Crippen molar-refractivity contribution in [3.05, 3.63) is 12.0 Å². The van der Waals surface area contributed by atoms with Gasteiger partial charge in [-0.15, -0.1) is 0 Å². The van der Waals surface area contributed by atoms with E-state index in [-0.39, 0.29) is 11.1 Å². The van der Waals surface area contributed by atoms with Gasteiger partial charge in [-0.1, -0.05) is 6.92 Å². The number of aryl methyl sites for hydroxylation is 1. The molecule has 1 fully saturated rings. The van der Waals surface area contributed by atoms with E-state index >= 15 is 0 Å². The van der Waals surface area contributed by atoms with Gasteiger partial charge in [0.15, 0.2) is 5.03 Å². The summed E-state index contributed by atoms with van der Waals surface area (Å²) in [4.78, 5) is 9.07. The van der Waals surface area contributed by atoms with E-state index in [4.69, 9.17) is 0 Å². The molecule has 2 heterocycles. The molecule has 0 saturated carbocycles. The van der Waals surface area contributed by atoms with Crippen molar-refractivity contribution in [3.8, 4) is 0 Å². The molecule has 6 nitrogen and oxygen atoms in total. The van der Waals surface area contributed by atoms with Crippen LogP contribution in [0, 0.1) is 6.92 Å². The minimum atomic E-state index is -3.46. The van der Waals surface area contributed by atoms with E-state index in [1.807, 2.05) is 0 Å². The number of likely N-dealkylation sites (tertiary alicyclic amines) is 1. The molecule has 1 aromatic rings. The fourth-order valence-electron chi connectivity index (χ4n) is 2.41. The highest BCUT2D eigenvalue weighted by molar-refractivity contribution is 7.89. The van der Waals surface area contributed by atoms with E-state index in [2.05, 4.69) is 26.5 Å². The van der Waals surface area contributed by atoms with Crippen LogP contribution in [0.15, 0.2) is 11.2 Å². The van der Waals surface area contributed by atoms with Gasteiger partial charge >= 0.3 is 0 Å². The van der Waals surface area contributed by atoms with Crippen molar-refractivity contribution < 1.29 is 8.42 Å². The Kier molecular flexibility index (Phi) is 4.59. The number of rotatable bonds is 5. The Morgan fingerprint density at radius 3 is 2.68 bits per heavy atom. The van der Waals surface area contributed by atoms with Gasteiger partial charge in [-0.05, 0) is 45.8 Å². The van der Waals surface area contributed by atoms with Crippen LogP contribution in [0.2, 0.25) is 0 Å². The van der Waals surface area contributed by atoms with Gasteiger partial charge < -0.3 is 9.88 Å². The lowest BCUT2D eigenvalue weighted by atomic mass is 10.1. The van der Waals surface area contributed by atoms with Crippen molar-refractivity contribution in [2.45, 2.75) is 44.2 Å². The van der Waals surface area contributed by atoms with Crippen LogP contribution in [0.1, 0.15) is 32.0 Å². The smallest absolute Gasteiger partial charge is 0.257 e. The van der Waals surface area contributed by atoms with Gasteiger partial charge in [0.2, 0.25) is 0 Å². The molecule has 1 aliphatic heterocycles. The molecular weight excluding hydrogens is 264 g/mol. The molecule has 1 aliphatic rings. The number of sulfonamides is 1. The van der Waals surface area contributed by atoms with E-state index in [1.54, 1.807) is 6.92 Å². The zero-order valence-corrected chi connectivity index (χ0v) is 12.3. The van der Waals surface area contributed by atoms with Crippen molar-refractivity contribution in [3.63, 3.8) is 0 Å². The lowest BCUT2D eigenvalue weighted by Crippen LogP contribution is -2.44. The van der Waals surface area contributed by atoms with Crippen LogP contribution in [0.25, 0.3) is 0 Å². The van der Waals surface area contributed by atoms with Crippen LogP contribution in [0.5, 0.6) is 0 Å². The number of H-pyrrole nitrogens is 1. The van der Waals surface area contributed by atoms with Crippen LogP contribution in [-0.4, -0.2) is 49.0 Å². The predicted octanol–water partition coefficient (Wildman–Crippen LogP) is 0.871. The molecular formula is C12H22N4O2S. The highest BCUT2D eigenvalue weighted by Gasteiger charge is 2.25. The van der Waals surface area contributed by atoms with E-state index in [0.717, 1.165) is 38.9 Å². The van der Waals surface area contributed by atoms with Gasteiger partial charge in [-0.2, -0.15) is 0 Å². The Hall–Kier alpha value is -0.920. The Bertz CT molecular complexity index is 504. The fraction of sp³-hybridized carbons (Fsp3) is 0.750. The molecule has 2 N–H and O–H groups in total. The van der Waals surface area contributed by atoms with Gasteiger partial charge in [0, 0.05) is 6.04 Å².